The van der Waals surface area contributed by atoms with Gasteiger partial charge in [0, 0.05) is 17.8 Å². The quantitative estimate of drug-likeness (QED) is 0.403. The van der Waals surface area contributed by atoms with Gasteiger partial charge in [0.25, 0.3) is 0 Å². The fraction of sp³-hybridized carbons (Fsp3) is 0.333. The molecule has 0 aliphatic rings. The number of alkyl halides is 6. The molecule has 0 radical (unpaired) electrons. The SMILES string of the molecule is ON=C(c1ccc(OCC(F)(F)F)nc1)C(F)(F)F. The Hall–Kier alpha value is -2.00. The second-order valence-electron chi connectivity index (χ2n) is 3.24. The molecule has 0 spiro atoms. The fourth-order valence-corrected chi connectivity index (χ4v) is 1.04. The van der Waals surface area contributed by atoms with E-state index in [0.29, 0.717) is 6.20 Å². The molecular weight excluding hydrogens is 282 g/mol. The Morgan fingerprint density at radius 3 is 2.21 bits per heavy atom. The van der Waals surface area contributed by atoms with Crippen molar-refractivity contribution in [3.05, 3.63) is 23.9 Å². The number of rotatable bonds is 3. The van der Waals surface area contributed by atoms with E-state index in [-0.39, 0.29) is 0 Å². The predicted octanol–water partition coefficient (Wildman–Crippen LogP) is 2.76. The number of halogens is 6. The lowest BCUT2D eigenvalue weighted by molar-refractivity contribution is -0.154. The zero-order chi connectivity index (χ0) is 14.7. The van der Waals surface area contributed by atoms with Crippen molar-refractivity contribution in [2.45, 2.75) is 12.4 Å². The summed E-state index contributed by atoms with van der Waals surface area (Å²) in [7, 11) is 0. The van der Waals surface area contributed by atoms with Crippen LogP contribution in [0.25, 0.3) is 0 Å². The van der Waals surface area contributed by atoms with Crippen molar-refractivity contribution in [2.75, 3.05) is 6.61 Å². The van der Waals surface area contributed by atoms with Gasteiger partial charge in [-0.2, -0.15) is 26.3 Å². The third-order valence-corrected chi connectivity index (χ3v) is 1.76. The van der Waals surface area contributed by atoms with Crippen LogP contribution in [0.2, 0.25) is 0 Å². The molecule has 4 nitrogen and oxygen atoms in total. The highest BCUT2D eigenvalue weighted by Crippen LogP contribution is 2.23. The van der Waals surface area contributed by atoms with Crippen molar-refractivity contribution in [3.63, 3.8) is 0 Å². The number of hydrogen-bond acceptors (Lipinski definition) is 4. The van der Waals surface area contributed by atoms with Gasteiger partial charge in [-0.15, -0.1) is 0 Å². The lowest BCUT2D eigenvalue weighted by atomic mass is 10.2. The van der Waals surface area contributed by atoms with Crippen molar-refractivity contribution >= 4 is 5.71 Å². The van der Waals surface area contributed by atoms with Crippen LogP contribution in [-0.4, -0.2) is 34.9 Å². The number of oxime groups is 1. The van der Waals surface area contributed by atoms with E-state index in [1.165, 1.54) is 0 Å². The van der Waals surface area contributed by atoms with Crippen molar-refractivity contribution in [1.29, 1.82) is 0 Å². The number of nitrogens with zero attached hydrogens (tertiary/aromatic N) is 2. The molecule has 10 heteroatoms. The predicted molar refractivity (Wildman–Crippen MR) is 50.2 cm³/mol. The first kappa shape index (κ1) is 15.1. The lowest BCUT2D eigenvalue weighted by Crippen LogP contribution is -2.24. The molecule has 1 rings (SSSR count). The Bertz CT molecular complexity index is 451. The molecule has 0 amide bonds. The molecule has 19 heavy (non-hydrogen) atoms. The molecule has 0 saturated heterocycles. The molecule has 1 aromatic heterocycles. The molecule has 0 bridgehead atoms. The lowest BCUT2D eigenvalue weighted by Gasteiger charge is -2.10. The minimum absolute atomic E-state index is 0.500. The highest BCUT2D eigenvalue weighted by Gasteiger charge is 2.38. The van der Waals surface area contributed by atoms with Gasteiger partial charge < -0.3 is 9.94 Å². The molecule has 0 aliphatic heterocycles. The minimum Gasteiger partial charge on any atom is -0.468 e. The van der Waals surface area contributed by atoms with Crippen LogP contribution in [0.4, 0.5) is 26.3 Å². The second kappa shape index (κ2) is 5.33. The Morgan fingerprint density at radius 2 is 1.84 bits per heavy atom. The summed E-state index contributed by atoms with van der Waals surface area (Å²) in [6, 6.07) is 1.58. The molecule has 1 aromatic rings. The molecule has 0 atom stereocenters. The number of hydrogen-bond donors (Lipinski definition) is 1. The van der Waals surface area contributed by atoms with Crippen molar-refractivity contribution in [3.8, 4) is 5.88 Å². The maximum absolute atomic E-state index is 12.3. The monoisotopic (exact) mass is 288 g/mol. The highest BCUT2D eigenvalue weighted by molar-refractivity contribution is 6.04. The summed E-state index contributed by atoms with van der Waals surface area (Å²) >= 11 is 0. The van der Waals surface area contributed by atoms with Crippen LogP contribution >= 0.6 is 0 Å². The molecule has 1 N–H and O–H groups in total. The van der Waals surface area contributed by atoms with Gasteiger partial charge in [0.2, 0.25) is 5.88 Å². The summed E-state index contributed by atoms with van der Waals surface area (Å²) in [5.41, 5.74) is -2.21. The summed E-state index contributed by atoms with van der Waals surface area (Å²) < 4.78 is 76.6. The van der Waals surface area contributed by atoms with Crippen LogP contribution in [0.3, 0.4) is 0 Å². The highest BCUT2D eigenvalue weighted by atomic mass is 19.4. The summed E-state index contributed by atoms with van der Waals surface area (Å²) in [6.07, 6.45) is -8.90. The molecule has 1 heterocycles. The number of aromatic nitrogens is 1. The van der Waals surface area contributed by atoms with Crippen LogP contribution in [0.15, 0.2) is 23.5 Å². The van der Waals surface area contributed by atoms with Crippen molar-refractivity contribution < 1.29 is 36.3 Å². The normalized spacial score (nSPS) is 13.5. The minimum atomic E-state index is -4.91. The van der Waals surface area contributed by atoms with Gasteiger partial charge in [-0.05, 0) is 6.07 Å². The Labute approximate surface area is 102 Å². The van der Waals surface area contributed by atoms with Gasteiger partial charge in [0.15, 0.2) is 12.3 Å². The van der Waals surface area contributed by atoms with Gasteiger partial charge in [-0.1, -0.05) is 5.16 Å². The first-order chi connectivity index (χ1) is 8.63. The number of ether oxygens (including phenoxy) is 1. The van der Waals surface area contributed by atoms with E-state index in [1.54, 1.807) is 0 Å². The summed E-state index contributed by atoms with van der Waals surface area (Å²) in [5, 5.41) is 10.3. The smallest absolute Gasteiger partial charge is 0.437 e. The first-order valence-corrected chi connectivity index (χ1v) is 4.59. The van der Waals surface area contributed by atoms with E-state index in [2.05, 4.69) is 14.9 Å². The van der Waals surface area contributed by atoms with Gasteiger partial charge in [0.1, 0.15) is 0 Å². The maximum atomic E-state index is 12.3. The Morgan fingerprint density at radius 1 is 1.21 bits per heavy atom. The van der Waals surface area contributed by atoms with Crippen LogP contribution in [0.1, 0.15) is 5.56 Å². The summed E-state index contributed by atoms with van der Waals surface area (Å²) in [6.45, 7) is -1.61. The molecule has 0 unspecified atom stereocenters. The zero-order valence-electron chi connectivity index (χ0n) is 8.96. The van der Waals surface area contributed by atoms with E-state index in [1.807, 2.05) is 0 Å². The van der Waals surface area contributed by atoms with Crippen molar-refractivity contribution in [1.82, 2.24) is 4.98 Å². The van der Waals surface area contributed by atoms with Gasteiger partial charge in [-0.3, -0.25) is 0 Å². The van der Waals surface area contributed by atoms with Crippen LogP contribution < -0.4 is 4.74 Å². The van der Waals surface area contributed by atoms with Gasteiger partial charge in [0.05, 0.1) is 0 Å². The summed E-state index contributed by atoms with van der Waals surface area (Å²) in [5.74, 6) is -0.500. The van der Waals surface area contributed by atoms with Crippen LogP contribution in [0, 0.1) is 0 Å². The van der Waals surface area contributed by atoms with E-state index >= 15 is 0 Å². The third kappa shape index (κ3) is 4.64. The molecule has 106 valence electrons. The number of pyridine rings is 1. The molecule has 0 aliphatic carbocycles. The van der Waals surface area contributed by atoms with E-state index in [9.17, 15) is 26.3 Å². The summed E-state index contributed by atoms with van der Waals surface area (Å²) in [4.78, 5) is 3.25. The average molecular weight is 288 g/mol. The first-order valence-electron chi connectivity index (χ1n) is 4.59. The molecular formula is C9H6F6N2O2. The standard InChI is InChI=1S/C9H6F6N2O2/c10-8(11,12)4-19-6-2-1-5(3-16-6)7(17-18)9(13,14)15/h1-3,18H,4H2. The Kier molecular flexibility index (Phi) is 4.22. The Balaban J connectivity index is 2.82. The second-order valence-corrected chi connectivity index (χ2v) is 3.24. The molecule has 0 aromatic carbocycles. The topological polar surface area (TPSA) is 54.7 Å². The largest absolute Gasteiger partial charge is 0.468 e. The van der Waals surface area contributed by atoms with Gasteiger partial charge >= 0.3 is 12.4 Å². The van der Waals surface area contributed by atoms with Crippen molar-refractivity contribution in [2.24, 2.45) is 5.16 Å². The van der Waals surface area contributed by atoms with E-state index in [0.717, 1.165) is 12.1 Å². The van der Waals surface area contributed by atoms with Gasteiger partial charge in [-0.25, -0.2) is 4.98 Å². The van der Waals surface area contributed by atoms with E-state index in [4.69, 9.17) is 5.21 Å². The average Bonchev–Trinajstić information content (AvgIpc) is 2.26. The van der Waals surface area contributed by atoms with E-state index < -0.39 is 36.1 Å². The van der Waals surface area contributed by atoms with Crippen LogP contribution in [0.5, 0.6) is 5.88 Å². The maximum Gasteiger partial charge on any atom is 0.437 e. The fourth-order valence-electron chi connectivity index (χ4n) is 1.04. The molecule has 0 saturated carbocycles. The molecule has 0 fully saturated rings. The zero-order valence-corrected chi connectivity index (χ0v) is 8.96. The third-order valence-electron chi connectivity index (χ3n) is 1.76. The van der Waals surface area contributed by atoms with Crippen LogP contribution in [-0.2, 0) is 0 Å².